The summed E-state index contributed by atoms with van der Waals surface area (Å²) in [4.78, 5) is 14.4. The number of ether oxygens (including phenoxy) is 3. The summed E-state index contributed by atoms with van der Waals surface area (Å²) in [6.07, 6.45) is 12.7. The normalized spacial score (nSPS) is 39.8. The maximum atomic E-state index is 14.4. The quantitative estimate of drug-likeness (QED) is 0.393. The second-order valence-corrected chi connectivity index (χ2v) is 15.0. The van der Waals surface area contributed by atoms with Crippen molar-refractivity contribution in [1.29, 1.82) is 0 Å². The van der Waals surface area contributed by atoms with E-state index in [4.69, 9.17) is 14.2 Å². The Morgan fingerprint density at radius 2 is 1.93 bits per heavy atom. The third-order valence-electron chi connectivity index (χ3n) is 13.0. The Labute approximate surface area is 262 Å². The zero-order valence-corrected chi connectivity index (χ0v) is 27.7. The average molecular weight is 678 g/mol. The number of fused-ring (bicyclic) bond motifs is 7. The van der Waals surface area contributed by atoms with Gasteiger partial charge in [0.15, 0.2) is 17.3 Å². The average Bonchev–Trinajstić information content (AvgIpc) is 3.53. The van der Waals surface area contributed by atoms with Crippen molar-refractivity contribution in [1.82, 2.24) is 0 Å². The molecule has 0 amide bonds. The molecular formula is C34H48INO5. The highest BCUT2D eigenvalue weighted by molar-refractivity contribution is 5.97. The van der Waals surface area contributed by atoms with Crippen molar-refractivity contribution in [2.24, 2.45) is 34.5 Å². The molecule has 0 radical (unpaired) electrons. The van der Waals surface area contributed by atoms with E-state index in [-0.39, 0.29) is 48.3 Å². The molecule has 7 heteroatoms. The van der Waals surface area contributed by atoms with Crippen LogP contribution in [0.3, 0.4) is 0 Å². The minimum atomic E-state index is -0.104. The first kappa shape index (κ1) is 29.7. The number of quaternary nitrogens is 1. The molecule has 0 spiro atoms. The number of hydrogen-bond donors (Lipinski definition) is 1. The van der Waals surface area contributed by atoms with Crippen LogP contribution in [0.25, 0.3) is 0 Å². The molecule has 0 aromatic heterocycles. The first-order valence-electron chi connectivity index (χ1n) is 15.8. The van der Waals surface area contributed by atoms with Gasteiger partial charge in [-0.25, -0.2) is 0 Å². The van der Waals surface area contributed by atoms with Crippen molar-refractivity contribution < 1.29 is 52.6 Å². The molecule has 3 saturated carbocycles. The first-order valence-corrected chi connectivity index (χ1v) is 15.8. The Balaban J connectivity index is 0.00000302. The van der Waals surface area contributed by atoms with Crippen LogP contribution in [-0.2, 0) is 11.2 Å². The van der Waals surface area contributed by atoms with Crippen LogP contribution < -0.4 is 38.2 Å². The molecule has 2 aliphatic heterocycles. The Hall–Kier alpha value is -1.32. The Kier molecular flexibility index (Phi) is 7.54. The molecule has 226 valence electrons. The van der Waals surface area contributed by atoms with Gasteiger partial charge < -0.3 is 47.8 Å². The van der Waals surface area contributed by atoms with Crippen LogP contribution in [0.5, 0.6) is 17.2 Å². The summed E-state index contributed by atoms with van der Waals surface area (Å²) in [5.41, 5.74) is 3.79. The highest BCUT2D eigenvalue weighted by Crippen LogP contribution is 2.66. The van der Waals surface area contributed by atoms with Gasteiger partial charge >= 0.3 is 0 Å². The molecule has 6 aliphatic rings. The smallest absolute Gasteiger partial charge is 0.231 e. The van der Waals surface area contributed by atoms with Crippen LogP contribution in [-0.4, -0.2) is 56.0 Å². The lowest BCUT2D eigenvalue weighted by Crippen LogP contribution is -3.00. The fourth-order valence-electron chi connectivity index (χ4n) is 10.6. The van der Waals surface area contributed by atoms with E-state index in [0.29, 0.717) is 41.1 Å². The molecule has 0 bridgehead atoms. The molecule has 41 heavy (non-hydrogen) atoms. The van der Waals surface area contributed by atoms with Gasteiger partial charge in [0, 0.05) is 6.42 Å². The van der Waals surface area contributed by atoms with Gasteiger partial charge in [0.1, 0.15) is 6.04 Å². The maximum absolute atomic E-state index is 14.4. The Bertz CT molecular complexity index is 1260. The number of nitrogens with zero attached hydrogens (tertiary/aromatic N) is 1. The number of aliphatic hydroxyl groups excluding tert-OH is 1. The fraction of sp³-hybridized carbons (Fsp3) is 0.735. The van der Waals surface area contributed by atoms with E-state index in [1.807, 2.05) is 0 Å². The van der Waals surface area contributed by atoms with Gasteiger partial charge in [-0.3, -0.25) is 4.79 Å². The molecule has 2 heterocycles. The summed E-state index contributed by atoms with van der Waals surface area (Å²) in [6, 6.07) is 2.13. The zero-order chi connectivity index (χ0) is 28.0. The molecule has 7 rings (SSSR count). The van der Waals surface area contributed by atoms with Crippen LogP contribution in [0.4, 0.5) is 0 Å². The molecule has 3 fully saturated rings. The van der Waals surface area contributed by atoms with Crippen molar-refractivity contribution in [3.63, 3.8) is 0 Å². The number of rotatable bonds is 4. The summed E-state index contributed by atoms with van der Waals surface area (Å²) in [7, 11) is 6.21. The number of likely N-dealkylation sites (N-methyl/N-ethyl adjacent to an activating group) is 1. The van der Waals surface area contributed by atoms with Crippen LogP contribution in [0.2, 0.25) is 0 Å². The van der Waals surface area contributed by atoms with Gasteiger partial charge in [-0.05, 0) is 103 Å². The molecule has 1 aromatic rings. The minimum absolute atomic E-state index is 0. The van der Waals surface area contributed by atoms with Crippen LogP contribution in [0, 0.1) is 34.5 Å². The number of hydrogen-bond acceptors (Lipinski definition) is 5. The van der Waals surface area contributed by atoms with E-state index in [2.05, 4.69) is 40.1 Å². The topological polar surface area (TPSA) is 65.0 Å². The predicted molar refractivity (Wildman–Crippen MR) is 153 cm³/mol. The highest BCUT2D eigenvalue weighted by atomic mass is 127. The maximum Gasteiger partial charge on any atom is 0.231 e. The van der Waals surface area contributed by atoms with Crippen molar-refractivity contribution >= 4 is 5.78 Å². The summed E-state index contributed by atoms with van der Waals surface area (Å²) in [5.74, 6) is 5.18. The van der Waals surface area contributed by atoms with Crippen LogP contribution in [0.1, 0.15) is 88.8 Å². The van der Waals surface area contributed by atoms with Gasteiger partial charge in [-0.2, -0.15) is 0 Å². The molecule has 1 aromatic carbocycles. The SMILES string of the molecule is COc1c2c(cc3c1C(CC(=O)C1=CC[C@H]4[C@@H]5CC[C@H]6C[C@H](O)CCC6(C)[C@H]5CCC14C)[N+](C)(C)CC3)OCO2.[I-]. The number of benzene rings is 1. The van der Waals surface area contributed by atoms with Crippen molar-refractivity contribution in [3.8, 4) is 17.2 Å². The van der Waals surface area contributed by atoms with Gasteiger partial charge in [0.25, 0.3) is 0 Å². The first-order chi connectivity index (χ1) is 19.1. The van der Waals surface area contributed by atoms with E-state index in [1.165, 1.54) is 24.8 Å². The number of halogens is 1. The Morgan fingerprint density at radius 3 is 2.71 bits per heavy atom. The molecule has 4 aliphatic carbocycles. The minimum Gasteiger partial charge on any atom is -1.00 e. The lowest BCUT2D eigenvalue weighted by molar-refractivity contribution is -0.922. The van der Waals surface area contributed by atoms with Gasteiger partial charge in [0.2, 0.25) is 12.5 Å². The second-order valence-electron chi connectivity index (χ2n) is 15.0. The third kappa shape index (κ3) is 4.41. The van der Waals surface area contributed by atoms with Crippen LogP contribution in [0.15, 0.2) is 17.7 Å². The van der Waals surface area contributed by atoms with E-state index in [0.717, 1.165) is 78.1 Å². The predicted octanol–water partition coefficient (Wildman–Crippen LogP) is 3.00. The van der Waals surface area contributed by atoms with E-state index in [1.54, 1.807) is 7.11 Å². The van der Waals surface area contributed by atoms with Crippen molar-refractivity contribution in [2.45, 2.75) is 90.2 Å². The number of aliphatic hydroxyl groups is 1. The van der Waals surface area contributed by atoms with E-state index < -0.39 is 0 Å². The Morgan fingerprint density at radius 1 is 1.12 bits per heavy atom. The summed E-state index contributed by atoms with van der Waals surface area (Å²) < 4.78 is 18.3. The summed E-state index contributed by atoms with van der Waals surface area (Å²) >= 11 is 0. The lowest BCUT2D eigenvalue weighted by Gasteiger charge is -2.60. The number of carbonyl (C=O) groups is 1. The largest absolute Gasteiger partial charge is 1.00 e. The molecule has 1 N–H and O–H groups in total. The van der Waals surface area contributed by atoms with Crippen molar-refractivity contribution in [2.75, 3.05) is 34.5 Å². The molecule has 0 saturated heterocycles. The standard InChI is InChI=1S/C34H48NO5.HI/c1-33-13-10-22(36)17-21(33)6-7-23-24-8-9-26(34(24,2)14-11-25(23)33)28(37)18-27-30-20(12-15-35(27,3)4)16-29-31(32(30)38-5)40-19-39-29;/h9,16,21-25,27,36H,6-8,10-15,17-19H2,1-5H3;1H/q+1;/p-1/t21-,22+,23-,24-,25-,27?,33?,34?;/m0./s1. The highest BCUT2D eigenvalue weighted by Gasteiger charge is 2.59. The number of allylic oxidation sites excluding steroid dienone is 2. The lowest BCUT2D eigenvalue weighted by atomic mass is 9.44. The molecule has 6 nitrogen and oxygen atoms in total. The van der Waals surface area contributed by atoms with E-state index >= 15 is 0 Å². The molecule has 8 atom stereocenters. The van der Waals surface area contributed by atoms with E-state index in [9.17, 15) is 9.90 Å². The molecule has 3 unspecified atom stereocenters. The monoisotopic (exact) mass is 677 g/mol. The number of Topliss-reactive ketones (excluding diaryl/α,β-unsaturated/α-hetero) is 1. The van der Waals surface area contributed by atoms with Gasteiger partial charge in [0.05, 0.1) is 45.8 Å². The van der Waals surface area contributed by atoms with Gasteiger partial charge in [-0.1, -0.05) is 19.9 Å². The summed E-state index contributed by atoms with van der Waals surface area (Å²) in [5, 5.41) is 10.4. The van der Waals surface area contributed by atoms with Crippen molar-refractivity contribution in [3.05, 3.63) is 28.8 Å². The fourth-order valence-corrected chi connectivity index (χ4v) is 10.6. The van der Waals surface area contributed by atoms with Gasteiger partial charge in [-0.15, -0.1) is 0 Å². The second kappa shape index (κ2) is 10.4. The van der Waals surface area contributed by atoms with Crippen LogP contribution >= 0.6 is 0 Å². The molecular weight excluding hydrogens is 629 g/mol. The number of carbonyl (C=O) groups excluding carboxylic acids is 1. The number of methoxy groups -OCH3 is 1. The third-order valence-corrected chi connectivity index (χ3v) is 13.0. The summed E-state index contributed by atoms with van der Waals surface area (Å²) in [6.45, 7) is 6.14. The number of ketones is 1. The zero-order valence-electron chi connectivity index (χ0n) is 25.5.